The molecular weight excluding hydrogens is 128 g/mol. The molecule has 1 heterocycles. The third kappa shape index (κ3) is 1.17. The Morgan fingerprint density at radius 3 is 2.80 bits per heavy atom. The van der Waals surface area contributed by atoms with Crippen LogP contribution in [0.1, 0.15) is 19.8 Å². The molecule has 0 aliphatic carbocycles. The first-order valence-electron chi connectivity index (χ1n) is 3.49. The van der Waals surface area contributed by atoms with E-state index in [0.717, 1.165) is 25.2 Å². The number of aliphatic imine (C=N–C) groups is 1. The molecule has 0 saturated carbocycles. The zero-order chi connectivity index (χ0) is 7.56. The lowest BCUT2D eigenvalue weighted by atomic mass is 10.4. The average Bonchev–Trinajstić information content (AvgIpc) is 2.33. The molecule has 10 heavy (non-hydrogen) atoms. The zero-order valence-electron chi connectivity index (χ0n) is 6.42. The van der Waals surface area contributed by atoms with E-state index in [9.17, 15) is 4.79 Å². The number of amides is 1. The zero-order valence-corrected chi connectivity index (χ0v) is 6.42. The highest BCUT2D eigenvalue weighted by atomic mass is 16.2. The van der Waals surface area contributed by atoms with Crippen molar-refractivity contribution in [2.45, 2.75) is 19.8 Å². The van der Waals surface area contributed by atoms with Crippen LogP contribution in [-0.2, 0) is 4.79 Å². The number of nitrogens with zero attached hydrogens (tertiary/aromatic N) is 2. The van der Waals surface area contributed by atoms with Gasteiger partial charge >= 0.3 is 0 Å². The Kier molecular flexibility index (Phi) is 2.04. The minimum atomic E-state index is 0.109. The van der Waals surface area contributed by atoms with Gasteiger partial charge in [0.15, 0.2) is 0 Å². The Balaban J connectivity index is 2.68. The number of carbonyl (C=O) groups is 1. The SMILES string of the molecule is C/N=C1/CCCN1C(C)=O. The molecule has 0 N–H and O–H groups in total. The molecule has 0 spiro atoms. The fourth-order valence-electron chi connectivity index (χ4n) is 1.23. The summed E-state index contributed by atoms with van der Waals surface area (Å²) >= 11 is 0. The van der Waals surface area contributed by atoms with Crippen LogP contribution >= 0.6 is 0 Å². The van der Waals surface area contributed by atoms with Crippen LogP contribution in [0.4, 0.5) is 0 Å². The minimum absolute atomic E-state index is 0.109. The number of amidine groups is 1. The molecule has 0 bridgehead atoms. The molecule has 1 aliphatic heterocycles. The maximum absolute atomic E-state index is 10.9. The highest BCUT2D eigenvalue weighted by Gasteiger charge is 2.20. The van der Waals surface area contributed by atoms with Crippen LogP contribution in [0.5, 0.6) is 0 Å². The first-order chi connectivity index (χ1) is 4.75. The van der Waals surface area contributed by atoms with Crippen molar-refractivity contribution in [1.82, 2.24) is 4.90 Å². The van der Waals surface area contributed by atoms with Gasteiger partial charge in [0.25, 0.3) is 0 Å². The van der Waals surface area contributed by atoms with Gasteiger partial charge in [0.2, 0.25) is 5.91 Å². The molecule has 3 nitrogen and oxygen atoms in total. The third-order valence-electron chi connectivity index (χ3n) is 1.73. The van der Waals surface area contributed by atoms with Crippen molar-refractivity contribution in [1.29, 1.82) is 0 Å². The Bertz CT molecular complexity index is 174. The molecule has 3 heteroatoms. The summed E-state index contributed by atoms with van der Waals surface area (Å²) < 4.78 is 0. The molecule has 1 fully saturated rings. The molecule has 0 unspecified atom stereocenters. The number of hydrogen-bond acceptors (Lipinski definition) is 2. The van der Waals surface area contributed by atoms with Crippen molar-refractivity contribution >= 4 is 11.7 Å². The lowest BCUT2D eigenvalue weighted by Crippen LogP contribution is -2.29. The lowest BCUT2D eigenvalue weighted by Gasteiger charge is -2.12. The molecule has 0 atom stereocenters. The summed E-state index contributed by atoms with van der Waals surface area (Å²) in [5.41, 5.74) is 0. The molecule has 0 aromatic heterocycles. The standard InChI is InChI=1S/C7H12N2O/c1-6(10)9-5-3-4-7(9)8-2/h3-5H2,1-2H3/b8-7-. The summed E-state index contributed by atoms with van der Waals surface area (Å²) in [6.07, 6.45) is 2.02. The summed E-state index contributed by atoms with van der Waals surface area (Å²) in [5, 5.41) is 0. The molecular formula is C7H12N2O. The maximum Gasteiger partial charge on any atom is 0.224 e. The van der Waals surface area contributed by atoms with E-state index in [1.165, 1.54) is 0 Å². The molecule has 1 saturated heterocycles. The van der Waals surface area contributed by atoms with E-state index < -0.39 is 0 Å². The first kappa shape index (κ1) is 7.25. The normalized spacial score (nSPS) is 22.2. The van der Waals surface area contributed by atoms with Crippen LogP contribution in [0, 0.1) is 0 Å². The molecule has 56 valence electrons. The smallest absolute Gasteiger partial charge is 0.224 e. The molecule has 1 amide bonds. The summed E-state index contributed by atoms with van der Waals surface area (Å²) in [4.78, 5) is 16.6. The van der Waals surface area contributed by atoms with Crippen molar-refractivity contribution in [3.8, 4) is 0 Å². The van der Waals surface area contributed by atoms with E-state index in [0.29, 0.717) is 0 Å². The maximum atomic E-state index is 10.9. The second kappa shape index (κ2) is 2.82. The van der Waals surface area contributed by atoms with Gasteiger partial charge in [0.1, 0.15) is 5.84 Å². The van der Waals surface area contributed by atoms with Gasteiger partial charge in [-0.15, -0.1) is 0 Å². The van der Waals surface area contributed by atoms with Gasteiger partial charge in [-0.25, -0.2) is 0 Å². The summed E-state index contributed by atoms with van der Waals surface area (Å²) in [7, 11) is 1.73. The van der Waals surface area contributed by atoms with Crippen LogP contribution in [0.25, 0.3) is 0 Å². The summed E-state index contributed by atoms with van der Waals surface area (Å²) in [6, 6.07) is 0. The quantitative estimate of drug-likeness (QED) is 0.486. The molecule has 0 aromatic carbocycles. The van der Waals surface area contributed by atoms with Gasteiger partial charge in [-0.05, 0) is 6.42 Å². The van der Waals surface area contributed by atoms with Gasteiger partial charge in [-0.3, -0.25) is 9.79 Å². The van der Waals surface area contributed by atoms with Crippen molar-refractivity contribution in [3.63, 3.8) is 0 Å². The highest BCUT2D eigenvalue weighted by Crippen LogP contribution is 2.10. The van der Waals surface area contributed by atoms with E-state index in [4.69, 9.17) is 0 Å². The van der Waals surface area contributed by atoms with Gasteiger partial charge < -0.3 is 4.90 Å². The average molecular weight is 140 g/mol. The second-order valence-corrected chi connectivity index (χ2v) is 2.41. The van der Waals surface area contributed by atoms with E-state index in [1.807, 2.05) is 0 Å². The fourth-order valence-corrected chi connectivity index (χ4v) is 1.23. The predicted molar refractivity (Wildman–Crippen MR) is 40.0 cm³/mol. The highest BCUT2D eigenvalue weighted by molar-refractivity contribution is 5.98. The Morgan fingerprint density at radius 1 is 1.70 bits per heavy atom. The van der Waals surface area contributed by atoms with Gasteiger partial charge in [0.05, 0.1) is 0 Å². The van der Waals surface area contributed by atoms with E-state index in [1.54, 1.807) is 18.9 Å². The summed E-state index contributed by atoms with van der Waals surface area (Å²) in [6.45, 7) is 2.43. The lowest BCUT2D eigenvalue weighted by molar-refractivity contribution is -0.124. The number of carbonyl (C=O) groups excluding carboxylic acids is 1. The van der Waals surface area contributed by atoms with Crippen molar-refractivity contribution < 1.29 is 4.79 Å². The van der Waals surface area contributed by atoms with Gasteiger partial charge in [-0.2, -0.15) is 0 Å². The van der Waals surface area contributed by atoms with Gasteiger partial charge in [0, 0.05) is 26.9 Å². The van der Waals surface area contributed by atoms with Crippen molar-refractivity contribution in [2.24, 2.45) is 4.99 Å². The van der Waals surface area contributed by atoms with E-state index >= 15 is 0 Å². The van der Waals surface area contributed by atoms with Crippen LogP contribution in [-0.4, -0.2) is 30.2 Å². The largest absolute Gasteiger partial charge is 0.301 e. The molecule has 1 rings (SSSR count). The van der Waals surface area contributed by atoms with E-state index in [-0.39, 0.29) is 5.91 Å². The minimum Gasteiger partial charge on any atom is -0.301 e. The molecule has 0 radical (unpaired) electrons. The Morgan fingerprint density at radius 2 is 2.40 bits per heavy atom. The molecule has 1 aliphatic rings. The monoisotopic (exact) mass is 140 g/mol. The van der Waals surface area contributed by atoms with Gasteiger partial charge in [-0.1, -0.05) is 0 Å². The fraction of sp³-hybridized carbons (Fsp3) is 0.714. The predicted octanol–water partition coefficient (Wildman–Crippen LogP) is 0.657. The second-order valence-electron chi connectivity index (χ2n) is 2.41. The molecule has 0 aromatic rings. The Hall–Kier alpha value is -0.860. The van der Waals surface area contributed by atoms with Crippen LogP contribution in [0.3, 0.4) is 0 Å². The number of rotatable bonds is 0. The van der Waals surface area contributed by atoms with E-state index in [2.05, 4.69) is 4.99 Å². The van der Waals surface area contributed by atoms with Crippen molar-refractivity contribution in [3.05, 3.63) is 0 Å². The van der Waals surface area contributed by atoms with Crippen LogP contribution < -0.4 is 0 Å². The van der Waals surface area contributed by atoms with Crippen LogP contribution in [0.15, 0.2) is 4.99 Å². The Labute approximate surface area is 60.7 Å². The van der Waals surface area contributed by atoms with Crippen molar-refractivity contribution in [2.75, 3.05) is 13.6 Å². The van der Waals surface area contributed by atoms with Crippen LogP contribution in [0.2, 0.25) is 0 Å². The number of likely N-dealkylation sites (tertiary alicyclic amines) is 1. The first-order valence-corrected chi connectivity index (χ1v) is 3.49. The third-order valence-corrected chi connectivity index (χ3v) is 1.73. The number of hydrogen-bond donors (Lipinski definition) is 0. The topological polar surface area (TPSA) is 32.7 Å². The summed E-state index contributed by atoms with van der Waals surface area (Å²) in [5.74, 6) is 1.05.